The highest BCUT2D eigenvalue weighted by molar-refractivity contribution is 7.20. The van der Waals surface area contributed by atoms with Crippen LogP contribution < -0.4 is 0 Å². The maximum atomic E-state index is 12.9. The van der Waals surface area contributed by atoms with Crippen molar-refractivity contribution in [3.05, 3.63) is 34.5 Å². The smallest absolute Gasteiger partial charge is 0.160 e. The van der Waals surface area contributed by atoms with Crippen LogP contribution in [-0.4, -0.2) is 6.29 Å². The Morgan fingerprint density at radius 2 is 2.29 bits per heavy atom. The highest BCUT2D eigenvalue weighted by Crippen LogP contribution is 2.31. The number of carbonyl (C=O) groups is 1. The van der Waals surface area contributed by atoms with Crippen LogP contribution in [0.4, 0.5) is 4.39 Å². The minimum absolute atomic E-state index is 0.251. The van der Waals surface area contributed by atoms with Crippen LogP contribution in [0, 0.1) is 5.82 Å². The molecule has 0 amide bonds. The molecule has 0 unspecified atom stereocenters. The van der Waals surface area contributed by atoms with Crippen molar-refractivity contribution in [2.75, 3.05) is 0 Å². The molecule has 0 saturated carbocycles. The van der Waals surface area contributed by atoms with E-state index >= 15 is 0 Å². The lowest BCUT2D eigenvalue weighted by Gasteiger charge is -1.94. The fourth-order valence-electron chi connectivity index (χ4n) is 1.60. The first-order valence-corrected chi connectivity index (χ1v) is 5.24. The first-order chi connectivity index (χ1) is 6.76. The van der Waals surface area contributed by atoms with Crippen molar-refractivity contribution >= 4 is 27.7 Å². The molecule has 0 aliphatic heterocycles. The second-order valence-electron chi connectivity index (χ2n) is 3.06. The van der Waals surface area contributed by atoms with E-state index < -0.39 is 0 Å². The van der Waals surface area contributed by atoms with Gasteiger partial charge < -0.3 is 0 Å². The van der Waals surface area contributed by atoms with E-state index in [4.69, 9.17) is 0 Å². The molecule has 2 aromatic rings. The minimum atomic E-state index is -0.251. The number of fused-ring (bicyclic) bond motifs is 1. The Bertz CT molecular complexity index is 487. The Labute approximate surface area is 85.2 Å². The van der Waals surface area contributed by atoms with E-state index in [2.05, 4.69) is 0 Å². The Morgan fingerprint density at radius 1 is 1.50 bits per heavy atom. The number of hydrogen-bond donors (Lipinski definition) is 0. The molecule has 0 aliphatic carbocycles. The topological polar surface area (TPSA) is 17.1 Å². The zero-order chi connectivity index (χ0) is 10.1. The molecule has 0 bridgehead atoms. The first-order valence-electron chi connectivity index (χ1n) is 4.42. The molecule has 2 rings (SSSR count). The Hall–Kier alpha value is -1.22. The van der Waals surface area contributed by atoms with Crippen molar-refractivity contribution in [3.8, 4) is 0 Å². The van der Waals surface area contributed by atoms with E-state index in [1.807, 2.05) is 6.92 Å². The summed E-state index contributed by atoms with van der Waals surface area (Å²) in [4.78, 5) is 11.5. The number of halogens is 1. The number of carbonyl (C=O) groups excluding carboxylic acids is 1. The second-order valence-corrected chi connectivity index (χ2v) is 4.14. The van der Waals surface area contributed by atoms with Gasteiger partial charge in [-0.2, -0.15) is 0 Å². The molecule has 1 aromatic heterocycles. The zero-order valence-electron chi connectivity index (χ0n) is 7.71. The molecule has 1 heterocycles. The molecule has 0 aliphatic rings. The summed E-state index contributed by atoms with van der Waals surface area (Å²) in [6.07, 6.45) is 1.65. The third-order valence-electron chi connectivity index (χ3n) is 2.25. The molecular weight excluding hydrogens is 199 g/mol. The molecule has 14 heavy (non-hydrogen) atoms. The van der Waals surface area contributed by atoms with Gasteiger partial charge in [-0.25, -0.2) is 4.39 Å². The van der Waals surface area contributed by atoms with Gasteiger partial charge in [0.1, 0.15) is 5.82 Å². The SMILES string of the molecule is CCc1c(C=O)sc2cc(F)ccc12. The number of hydrogen-bond acceptors (Lipinski definition) is 2. The molecule has 1 nitrogen and oxygen atoms in total. The van der Waals surface area contributed by atoms with E-state index in [9.17, 15) is 9.18 Å². The molecular formula is C11H9FOS. The van der Waals surface area contributed by atoms with Gasteiger partial charge in [0.05, 0.1) is 4.88 Å². The highest BCUT2D eigenvalue weighted by atomic mass is 32.1. The number of aldehydes is 1. The second kappa shape index (κ2) is 3.50. The van der Waals surface area contributed by atoms with Gasteiger partial charge in [-0.15, -0.1) is 11.3 Å². The van der Waals surface area contributed by atoms with Gasteiger partial charge in [-0.1, -0.05) is 13.0 Å². The minimum Gasteiger partial charge on any atom is -0.297 e. The Balaban J connectivity index is 2.79. The lowest BCUT2D eigenvalue weighted by atomic mass is 10.1. The van der Waals surface area contributed by atoms with Gasteiger partial charge in [0.2, 0.25) is 0 Å². The lowest BCUT2D eigenvalue weighted by molar-refractivity contribution is 0.112. The standard InChI is InChI=1S/C11H9FOS/c1-2-8-9-4-3-7(12)5-10(9)14-11(8)6-13/h3-6H,2H2,1H3. The van der Waals surface area contributed by atoms with E-state index in [-0.39, 0.29) is 5.82 Å². The Morgan fingerprint density at radius 3 is 2.93 bits per heavy atom. The molecule has 0 radical (unpaired) electrons. The molecule has 1 aromatic carbocycles. The summed E-state index contributed by atoms with van der Waals surface area (Å²) in [5.41, 5.74) is 1.03. The van der Waals surface area contributed by atoms with Crippen LogP contribution >= 0.6 is 11.3 Å². The third kappa shape index (κ3) is 1.34. The van der Waals surface area contributed by atoms with Crippen molar-refractivity contribution in [1.29, 1.82) is 0 Å². The predicted molar refractivity (Wildman–Crippen MR) is 56.5 cm³/mol. The maximum absolute atomic E-state index is 12.9. The largest absolute Gasteiger partial charge is 0.297 e. The molecule has 0 N–H and O–H groups in total. The van der Waals surface area contributed by atoms with Crippen LogP contribution in [0.5, 0.6) is 0 Å². The number of thiophene rings is 1. The molecule has 72 valence electrons. The van der Waals surface area contributed by atoms with E-state index in [1.54, 1.807) is 6.07 Å². The summed E-state index contributed by atoms with van der Waals surface area (Å²) in [5, 5.41) is 1.00. The van der Waals surface area contributed by atoms with Crippen LogP contribution in [0.25, 0.3) is 10.1 Å². The maximum Gasteiger partial charge on any atom is 0.160 e. The molecule has 0 fully saturated rings. The number of rotatable bonds is 2. The van der Waals surface area contributed by atoms with Crippen LogP contribution in [0.2, 0.25) is 0 Å². The summed E-state index contributed by atoms with van der Waals surface area (Å²) in [6.45, 7) is 2.00. The summed E-state index contributed by atoms with van der Waals surface area (Å²) in [7, 11) is 0. The van der Waals surface area contributed by atoms with Gasteiger partial charge in [0, 0.05) is 4.70 Å². The predicted octanol–water partition coefficient (Wildman–Crippen LogP) is 3.42. The number of benzene rings is 1. The van der Waals surface area contributed by atoms with Crippen molar-refractivity contribution in [1.82, 2.24) is 0 Å². The van der Waals surface area contributed by atoms with Crippen molar-refractivity contribution in [3.63, 3.8) is 0 Å². The van der Waals surface area contributed by atoms with Gasteiger partial charge >= 0.3 is 0 Å². The van der Waals surface area contributed by atoms with Crippen LogP contribution in [0.15, 0.2) is 18.2 Å². The first kappa shape index (κ1) is 9.34. The zero-order valence-corrected chi connectivity index (χ0v) is 8.53. The van der Waals surface area contributed by atoms with Crippen molar-refractivity contribution in [2.24, 2.45) is 0 Å². The normalized spacial score (nSPS) is 10.7. The monoisotopic (exact) mass is 208 g/mol. The van der Waals surface area contributed by atoms with Gasteiger partial charge in [-0.05, 0) is 29.5 Å². The molecule has 3 heteroatoms. The average Bonchev–Trinajstić information content (AvgIpc) is 2.54. The van der Waals surface area contributed by atoms with Crippen molar-refractivity contribution < 1.29 is 9.18 Å². The van der Waals surface area contributed by atoms with Crippen LogP contribution in [0.3, 0.4) is 0 Å². The summed E-state index contributed by atoms with van der Waals surface area (Å²) in [6, 6.07) is 4.65. The van der Waals surface area contributed by atoms with Crippen LogP contribution in [-0.2, 0) is 6.42 Å². The van der Waals surface area contributed by atoms with Crippen molar-refractivity contribution in [2.45, 2.75) is 13.3 Å². The fourth-order valence-corrected chi connectivity index (χ4v) is 2.74. The van der Waals surface area contributed by atoms with Gasteiger partial charge in [-0.3, -0.25) is 4.79 Å². The highest BCUT2D eigenvalue weighted by Gasteiger charge is 2.09. The number of aryl methyl sites for hydroxylation is 1. The molecule has 0 saturated heterocycles. The van der Waals surface area contributed by atoms with E-state index in [1.165, 1.54) is 23.5 Å². The summed E-state index contributed by atoms with van der Waals surface area (Å²) >= 11 is 1.35. The fraction of sp³-hybridized carbons (Fsp3) is 0.182. The third-order valence-corrected chi connectivity index (χ3v) is 3.37. The van der Waals surface area contributed by atoms with Gasteiger partial charge in [0.15, 0.2) is 6.29 Å². The average molecular weight is 208 g/mol. The Kier molecular flexibility index (Phi) is 2.33. The van der Waals surface area contributed by atoms with E-state index in [0.29, 0.717) is 4.88 Å². The summed E-state index contributed by atoms with van der Waals surface area (Å²) < 4.78 is 13.8. The van der Waals surface area contributed by atoms with Gasteiger partial charge in [0.25, 0.3) is 0 Å². The quantitative estimate of drug-likeness (QED) is 0.691. The van der Waals surface area contributed by atoms with E-state index in [0.717, 1.165) is 28.4 Å². The molecule has 0 spiro atoms. The lowest BCUT2D eigenvalue weighted by Crippen LogP contribution is -1.83. The molecule has 0 atom stereocenters. The van der Waals surface area contributed by atoms with Crippen LogP contribution in [0.1, 0.15) is 22.2 Å². The summed E-state index contributed by atoms with van der Waals surface area (Å²) in [5.74, 6) is -0.251.